The van der Waals surface area contributed by atoms with Crippen LogP contribution < -0.4 is 5.69 Å². The number of fused-ring (bicyclic) bond motifs is 1. The van der Waals surface area contributed by atoms with Crippen LogP contribution in [0.25, 0.3) is 11.2 Å². The second kappa shape index (κ2) is 5.57. The van der Waals surface area contributed by atoms with Crippen molar-refractivity contribution in [2.45, 2.75) is 26.7 Å². The van der Waals surface area contributed by atoms with Crippen molar-refractivity contribution in [3.05, 3.63) is 70.4 Å². The van der Waals surface area contributed by atoms with Gasteiger partial charge in [0, 0.05) is 5.69 Å². The summed E-state index contributed by atoms with van der Waals surface area (Å²) in [6.45, 7) is 5.97. The van der Waals surface area contributed by atoms with Gasteiger partial charge in [-0.1, -0.05) is 38.0 Å². The molecule has 0 spiro atoms. The lowest BCUT2D eigenvalue weighted by Gasteiger charge is -2.16. The number of nitrogens with zero attached hydrogens (tertiary/aromatic N) is 2. The topological polar surface area (TPSA) is 26.4 Å². The van der Waals surface area contributed by atoms with E-state index in [1.807, 2.05) is 42.5 Å². The van der Waals surface area contributed by atoms with E-state index in [0.29, 0.717) is 0 Å². The van der Waals surface area contributed by atoms with Gasteiger partial charge < -0.3 is 0 Å². The minimum atomic E-state index is -0.0739. The summed E-state index contributed by atoms with van der Waals surface area (Å²) in [7, 11) is 0. The first-order chi connectivity index (χ1) is 10.6. The van der Waals surface area contributed by atoms with Crippen LogP contribution in [0.2, 0.25) is 0 Å². The first-order valence-corrected chi connectivity index (χ1v) is 7.39. The quantitative estimate of drug-likeness (QED) is 0.663. The third kappa shape index (κ3) is 2.23. The van der Waals surface area contributed by atoms with Crippen LogP contribution in [-0.2, 0) is 0 Å². The summed E-state index contributed by atoms with van der Waals surface area (Å²) in [6.07, 6.45) is 0. The fourth-order valence-corrected chi connectivity index (χ4v) is 2.69. The van der Waals surface area contributed by atoms with E-state index in [2.05, 4.69) is 31.8 Å². The van der Waals surface area contributed by atoms with E-state index in [1.54, 1.807) is 15.9 Å². The molecule has 3 aromatic rings. The molecule has 0 radical (unpaired) electrons. The van der Waals surface area contributed by atoms with Gasteiger partial charge in [0.05, 0.1) is 11.2 Å². The number of benzene rings is 1. The molecule has 0 aliphatic rings. The molecule has 110 valence electrons. The lowest BCUT2D eigenvalue weighted by atomic mass is 10.1. The van der Waals surface area contributed by atoms with E-state index in [0.717, 1.165) is 22.6 Å². The zero-order valence-corrected chi connectivity index (χ0v) is 13.0. The van der Waals surface area contributed by atoms with Crippen LogP contribution >= 0.6 is 0 Å². The molecule has 0 bridgehead atoms. The Bertz CT molecular complexity index is 934. The van der Waals surface area contributed by atoms with Gasteiger partial charge in [-0.05, 0) is 49.1 Å². The van der Waals surface area contributed by atoms with Crippen molar-refractivity contribution in [3.8, 4) is 17.5 Å². The summed E-state index contributed by atoms with van der Waals surface area (Å²) < 4.78 is 3.45. The van der Waals surface area contributed by atoms with E-state index >= 15 is 0 Å². The van der Waals surface area contributed by atoms with Crippen molar-refractivity contribution in [2.24, 2.45) is 0 Å². The summed E-state index contributed by atoms with van der Waals surface area (Å²) >= 11 is 0. The first-order valence-electron chi connectivity index (χ1n) is 7.39. The van der Waals surface area contributed by atoms with Crippen LogP contribution in [0.5, 0.6) is 0 Å². The Morgan fingerprint density at radius 2 is 1.77 bits per heavy atom. The zero-order valence-electron chi connectivity index (χ0n) is 13.0. The van der Waals surface area contributed by atoms with Crippen molar-refractivity contribution in [1.29, 1.82) is 0 Å². The van der Waals surface area contributed by atoms with Gasteiger partial charge in [-0.3, -0.25) is 8.97 Å². The maximum absolute atomic E-state index is 13.1. The molecule has 0 aliphatic heterocycles. The molecule has 0 amide bonds. The van der Waals surface area contributed by atoms with Crippen LogP contribution in [-0.4, -0.2) is 8.97 Å². The zero-order chi connectivity index (χ0) is 15.7. The molecule has 2 heterocycles. The van der Waals surface area contributed by atoms with Gasteiger partial charge in [-0.25, -0.2) is 4.79 Å². The average Bonchev–Trinajstić information content (AvgIpc) is 2.91. The summed E-state index contributed by atoms with van der Waals surface area (Å²) in [5.74, 6) is 6.11. The fraction of sp³-hybridized carbons (Fsp3) is 0.211. The SMILES string of the molecule is CC#Cc1ccc2cc(C(C)C)n(-c3ccccc3)c(=O)n12. The fourth-order valence-electron chi connectivity index (χ4n) is 2.69. The highest BCUT2D eigenvalue weighted by atomic mass is 16.1. The third-order valence-electron chi connectivity index (χ3n) is 3.71. The molecule has 3 nitrogen and oxygen atoms in total. The maximum atomic E-state index is 13.1. The Labute approximate surface area is 129 Å². The minimum Gasteiger partial charge on any atom is -0.266 e. The highest BCUT2D eigenvalue weighted by molar-refractivity contribution is 5.55. The van der Waals surface area contributed by atoms with Gasteiger partial charge >= 0.3 is 5.69 Å². The maximum Gasteiger partial charge on any atom is 0.338 e. The van der Waals surface area contributed by atoms with Crippen molar-refractivity contribution < 1.29 is 0 Å². The van der Waals surface area contributed by atoms with Crippen molar-refractivity contribution in [1.82, 2.24) is 8.97 Å². The number of hydrogen-bond donors (Lipinski definition) is 0. The third-order valence-corrected chi connectivity index (χ3v) is 3.71. The molecule has 2 aromatic heterocycles. The molecule has 1 aromatic carbocycles. The number of para-hydroxylation sites is 1. The van der Waals surface area contributed by atoms with Crippen molar-refractivity contribution in [2.75, 3.05) is 0 Å². The standard InChI is InChI=1S/C19H18N2O/c1-4-8-15-11-12-17-13-18(14(2)3)21(19(22)20(15)17)16-9-6-5-7-10-16/h5-7,9-14H,1-3H3. The van der Waals surface area contributed by atoms with E-state index in [4.69, 9.17) is 0 Å². The van der Waals surface area contributed by atoms with Gasteiger partial charge in [-0.2, -0.15) is 0 Å². The number of hydrogen-bond acceptors (Lipinski definition) is 1. The Kier molecular flexibility index (Phi) is 3.60. The van der Waals surface area contributed by atoms with E-state index in [-0.39, 0.29) is 11.6 Å². The number of rotatable bonds is 2. The average molecular weight is 290 g/mol. The van der Waals surface area contributed by atoms with Gasteiger partial charge in [-0.15, -0.1) is 0 Å². The summed E-state index contributed by atoms with van der Waals surface area (Å²) in [5.41, 5.74) is 3.41. The van der Waals surface area contributed by atoms with Crippen molar-refractivity contribution >= 4 is 5.52 Å². The molecule has 22 heavy (non-hydrogen) atoms. The molecular weight excluding hydrogens is 272 g/mol. The molecule has 0 N–H and O–H groups in total. The smallest absolute Gasteiger partial charge is 0.266 e. The van der Waals surface area contributed by atoms with Crippen LogP contribution in [0.3, 0.4) is 0 Å². The molecule has 0 saturated heterocycles. The van der Waals surface area contributed by atoms with E-state index in [1.165, 1.54) is 0 Å². The van der Waals surface area contributed by atoms with Crippen LogP contribution in [0, 0.1) is 11.8 Å². The second-order valence-corrected chi connectivity index (χ2v) is 5.53. The lowest BCUT2D eigenvalue weighted by Crippen LogP contribution is -2.29. The molecule has 0 fully saturated rings. The van der Waals surface area contributed by atoms with Crippen molar-refractivity contribution in [3.63, 3.8) is 0 Å². The van der Waals surface area contributed by atoms with Gasteiger partial charge in [0.15, 0.2) is 0 Å². The summed E-state index contributed by atoms with van der Waals surface area (Å²) in [4.78, 5) is 13.1. The normalized spacial score (nSPS) is 10.7. The Balaban J connectivity index is 2.44. The number of aromatic nitrogens is 2. The van der Waals surface area contributed by atoms with Gasteiger partial charge in [0.1, 0.15) is 5.69 Å². The monoisotopic (exact) mass is 290 g/mol. The highest BCUT2D eigenvalue weighted by Gasteiger charge is 2.15. The molecule has 0 unspecified atom stereocenters. The Morgan fingerprint density at radius 3 is 2.41 bits per heavy atom. The molecule has 0 saturated carbocycles. The van der Waals surface area contributed by atoms with Crippen LogP contribution in [0.4, 0.5) is 0 Å². The molecule has 0 atom stereocenters. The van der Waals surface area contributed by atoms with Gasteiger partial charge in [0.2, 0.25) is 0 Å². The van der Waals surface area contributed by atoms with Gasteiger partial charge in [0.25, 0.3) is 0 Å². The Hall–Kier alpha value is -2.73. The molecule has 3 heteroatoms. The minimum absolute atomic E-state index is 0.0739. The van der Waals surface area contributed by atoms with E-state index < -0.39 is 0 Å². The van der Waals surface area contributed by atoms with Crippen LogP contribution in [0.15, 0.2) is 53.3 Å². The van der Waals surface area contributed by atoms with E-state index in [9.17, 15) is 4.79 Å². The summed E-state index contributed by atoms with van der Waals surface area (Å²) in [5, 5.41) is 0. The Morgan fingerprint density at radius 1 is 1.05 bits per heavy atom. The predicted molar refractivity (Wildman–Crippen MR) is 89.6 cm³/mol. The largest absolute Gasteiger partial charge is 0.338 e. The first kappa shape index (κ1) is 14.2. The summed E-state index contributed by atoms with van der Waals surface area (Å²) in [6, 6.07) is 15.7. The predicted octanol–water partition coefficient (Wildman–Crippen LogP) is 3.59. The van der Waals surface area contributed by atoms with Crippen LogP contribution in [0.1, 0.15) is 38.1 Å². The second-order valence-electron chi connectivity index (χ2n) is 5.53. The molecular formula is C19H18N2O. The molecule has 3 rings (SSSR count). The lowest BCUT2D eigenvalue weighted by molar-refractivity contribution is 0.732. The molecule has 0 aliphatic carbocycles. The highest BCUT2D eigenvalue weighted by Crippen LogP contribution is 2.20.